The predicted molar refractivity (Wildman–Crippen MR) is 129 cm³/mol. The Kier molecular flexibility index (Phi) is 15.6. The maximum atomic E-state index is 12.0. The summed E-state index contributed by atoms with van der Waals surface area (Å²) in [6, 6.07) is 6.04. The number of hydrogen-bond donors (Lipinski definition) is 3. The van der Waals surface area contributed by atoms with Crippen molar-refractivity contribution in [1.82, 2.24) is 10.0 Å². The molecular formula is C22H39ClN2O6S. The average molecular weight is 495 g/mol. The van der Waals surface area contributed by atoms with Crippen LogP contribution >= 0.6 is 12.4 Å². The van der Waals surface area contributed by atoms with Crippen LogP contribution in [0.3, 0.4) is 0 Å². The van der Waals surface area contributed by atoms with Gasteiger partial charge in [0, 0.05) is 0 Å². The van der Waals surface area contributed by atoms with E-state index in [-0.39, 0.29) is 30.1 Å². The molecule has 10 heteroatoms. The number of benzene rings is 1. The van der Waals surface area contributed by atoms with Crippen molar-refractivity contribution in [1.29, 1.82) is 0 Å². The van der Waals surface area contributed by atoms with E-state index in [2.05, 4.69) is 10.0 Å². The summed E-state index contributed by atoms with van der Waals surface area (Å²) >= 11 is 0. The Hall–Kier alpha value is -1.39. The van der Waals surface area contributed by atoms with Crippen molar-refractivity contribution in [2.24, 2.45) is 5.92 Å². The van der Waals surface area contributed by atoms with Crippen LogP contribution in [-0.2, 0) is 21.2 Å². The molecule has 0 unspecified atom stereocenters. The Labute approximate surface area is 198 Å². The van der Waals surface area contributed by atoms with E-state index in [4.69, 9.17) is 4.74 Å². The summed E-state index contributed by atoms with van der Waals surface area (Å²) < 4.78 is 32.1. The molecule has 0 radical (unpaired) electrons. The van der Waals surface area contributed by atoms with Gasteiger partial charge in [0.2, 0.25) is 10.0 Å². The molecule has 0 bridgehead atoms. The van der Waals surface area contributed by atoms with Gasteiger partial charge in [-0.1, -0.05) is 31.9 Å². The molecule has 1 aromatic carbocycles. The molecule has 32 heavy (non-hydrogen) atoms. The molecule has 0 aromatic heterocycles. The fraction of sp³-hybridized carbons (Fsp3) is 0.682. The summed E-state index contributed by atoms with van der Waals surface area (Å²) in [7, 11) is -3.60. The highest BCUT2D eigenvalue weighted by Crippen LogP contribution is 2.19. The number of sulfonamides is 1. The van der Waals surface area contributed by atoms with Gasteiger partial charge in [0.1, 0.15) is 11.8 Å². The van der Waals surface area contributed by atoms with Gasteiger partial charge in [-0.25, -0.2) is 13.1 Å². The molecule has 0 spiro atoms. The zero-order valence-corrected chi connectivity index (χ0v) is 20.5. The van der Waals surface area contributed by atoms with Crippen LogP contribution in [0.1, 0.15) is 57.4 Å². The van der Waals surface area contributed by atoms with Crippen LogP contribution in [0.15, 0.2) is 24.3 Å². The first-order valence-electron chi connectivity index (χ1n) is 11.0. The number of unbranched alkanes of at least 4 members (excludes halogenated alkanes) is 2. The van der Waals surface area contributed by atoms with Crippen LogP contribution in [0.5, 0.6) is 5.75 Å². The third-order valence-electron chi connectivity index (χ3n) is 5.48. The first kappa shape index (κ1) is 30.6. The zero-order chi connectivity index (χ0) is 21.8. The van der Waals surface area contributed by atoms with Gasteiger partial charge in [-0.2, -0.15) is 0 Å². The van der Waals surface area contributed by atoms with Gasteiger partial charge < -0.3 is 20.6 Å². The van der Waals surface area contributed by atoms with Gasteiger partial charge in [-0.3, -0.25) is 4.79 Å². The van der Waals surface area contributed by atoms with Crippen LogP contribution in [-0.4, -0.2) is 56.5 Å². The molecule has 1 fully saturated rings. The summed E-state index contributed by atoms with van der Waals surface area (Å²) in [6.45, 7) is 4.83. The van der Waals surface area contributed by atoms with E-state index in [0.717, 1.165) is 43.2 Å². The highest BCUT2D eigenvalue weighted by Gasteiger charge is 2.24. The average Bonchev–Trinajstić information content (AvgIpc) is 2.73. The minimum atomic E-state index is -3.60. The second-order valence-corrected chi connectivity index (χ2v) is 9.94. The minimum absolute atomic E-state index is 0. The lowest BCUT2D eigenvalue weighted by atomic mass is 9.93. The van der Waals surface area contributed by atoms with Crippen molar-refractivity contribution in [3.05, 3.63) is 29.8 Å². The van der Waals surface area contributed by atoms with E-state index < -0.39 is 22.0 Å². The fourth-order valence-corrected chi connectivity index (χ4v) is 5.05. The number of halogens is 1. The molecule has 1 aliphatic rings. The molecule has 1 saturated heterocycles. The molecule has 0 amide bonds. The van der Waals surface area contributed by atoms with Gasteiger partial charge in [-0.05, 0) is 75.2 Å². The Morgan fingerprint density at radius 3 is 2.44 bits per heavy atom. The first-order valence-corrected chi connectivity index (χ1v) is 12.7. The largest absolute Gasteiger partial charge is 0.494 e. The van der Waals surface area contributed by atoms with Crippen molar-refractivity contribution in [2.45, 2.75) is 64.3 Å². The lowest BCUT2D eigenvalue weighted by Gasteiger charge is -2.22. The SMILES string of the molecule is CCCCS(=O)(=O)N[C@H](Cc1ccc(OCCCCC2CCNCC2)cc1)C(=O)O.Cl.O. The van der Waals surface area contributed by atoms with Crippen molar-refractivity contribution in [3.8, 4) is 5.75 Å². The molecule has 0 saturated carbocycles. The van der Waals surface area contributed by atoms with E-state index in [9.17, 15) is 18.3 Å². The third-order valence-corrected chi connectivity index (χ3v) is 6.95. The van der Waals surface area contributed by atoms with Gasteiger partial charge in [0.25, 0.3) is 0 Å². The lowest BCUT2D eigenvalue weighted by molar-refractivity contribution is -0.138. The number of carboxylic acids is 1. The molecule has 8 nitrogen and oxygen atoms in total. The van der Waals surface area contributed by atoms with Crippen molar-refractivity contribution in [3.63, 3.8) is 0 Å². The second-order valence-electron chi connectivity index (χ2n) is 8.07. The first-order chi connectivity index (χ1) is 14.4. The van der Waals surface area contributed by atoms with Crippen molar-refractivity contribution < 1.29 is 28.5 Å². The lowest BCUT2D eigenvalue weighted by Crippen LogP contribution is -2.43. The third kappa shape index (κ3) is 12.0. The minimum Gasteiger partial charge on any atom is -0.494 e. The molecule has 5 N–H and O–H groups in total. The number of aliphatic carboxylic acids is 1. The molecule has 0 aliphatic carbocycles. The van der Waals surface area contributed by atoms with E-state index >= 15 is 0 Å². The van der Waals surface area contributed by atoms with Crippen LogP contribution in [0.4, 0.5) is 0 Å². The van der Waals surface area contributed by atoms with Gasteiger partial charge in [-0.15, -0.1) is 12.4 Å². The number of piperidine rings is 1. The van der Waals surface area contributed by atoms with Crippen LogP contribution in [0, 0.1) is 5.92 Å². The van der Waals surface area contributed by atoms with Crippen LogP contribution in [0.2, 0.25) is 0 Å². The van der Waals surface area contributed by atoms with Gasteiger partial charge in [0.05, 0.1) is 12.4 Å². The quantitative estimate of drug-likeness (QED) is 0.340. The summed E-state index contributed by atoms with van der Waals surface area (Å²) in [6.07, 6.45) is 7.33. The van der Waals surface area contributed by atoms with Gasteiger partial charge >= 0.3 is 5.97 Å². The zero-order valence-electron chi connectivity index (χ0n) is 18.8. The van der Waals surface area contributed by atoms with Crippen molar-refractivity contribution >= 4 is 28.4 Å². The Balaban J connectivity index is 0.00000480. The number of hydrogen-bond acceptors (Lipinski definition) is 5. The molecule has 2 rings (SSSR count). The van der Waals surface area contributed by atoms with E-state index in [1.54, 1.807) is 12.1 Å². The highest BCUT2D eigenvalue weighted by atomic mass is 35.5. The number of ether oxygens (including phenoxy) is 1. The second kappa shape index (κ2) is 16.3. The highest BCUT2D eigenvalue weighted by molar-refractivity contribution is 7.89. The van der Waals surface area contributed by atoms with Gasteiger partial charge in [0.15, 0.2) is 0 Å². The standard InChI is InChI=1S/C22H36N2O5S.ClH.H2O/c1-2-3-16-30(27,28)24-21(22(25)26)17-19-7-9-20(10-8-19)29-15-5-4-6-18-11-13-23-14-12-18;;/h7-10,18,21,23-24H,2-6,11-17H2,1H3,(H,25,26);1H;1H2/t21-;;/m1../s1. The Morgan fingerprint density at radius 1 is 1.19 bits per heavy atom. The molecule has 1 aliphatic heterocycles. The summed E-state index contributed by atoms with van der Waals surface area (Å²) in [4.78, 5) is 11.5. The monoisotopic (exact) mass is 494 g/mol. The van der Waals surface area contributed by atoms with E-state index in [0.29, 0.717) is 13.0 Å². The summed E-state index contributed by atoms with van der Waals surface area (Å²) in [5, 5.41) is 12.8. The summed E-state index contributed by atoms with van der Waals surface area (Å²) in [5.41, 5.74) is 0.749. The Bertz CT molecular complexity index is 739. The number of carboxylic acid groups (broad SMARTS) is 1. The molecule has 1 atom stereocenters. The predicted octanol–water partition coefficient (Wildman–Crippen LogP) is 2.55. The molecule has 1 aromatic rings. The smallest absolute Gasteiger partial charge is 0.322 e. The fourth-order valence-electron chi connectivity index (χ4n) is 3.64. The molecule has 186 valence electrons. The topological polar surface area (TPSA) is 136 Å². The maximum absolute atomic E-state index is 12.0. The van der Waals surface area contributed by atoms with E-state index in [1.165, 1.54) is 25.7 Å². The molecule has 1 heterocycles. The molecular weight excluding hydrogens is 456 g/mol. The Morgan fingerprint density at radius 2 is 1.84 bits per heavy atom. The number of rotatable bonds is 14. The van der Waals surface area contributed by atoms with Crippen LogP contribution < -0.4 is 14.8 Å². The maximum Gasteiger partial charge on any atom is 0.322 e. The number of nitrogens with one attached hydrogen (secondary N) is 2. The normalized spacial score (nSPS) is 15.3. The summed E-state index contributed by atoms with van der Waals surface area (Å²) in [5.74, 6) is 0.352. The van der Waals surface area contributed by atoms with Crippen molar-refractivity contribution in [2.75, 3.05) is 25.4 Å². The number of carbonyl (C=O) groups is 1. The van der Waals surface area contributed by atoms with Crippen LogP contribution in [0.25, 0.3) is 0 Å². The van der Waals surface area contributed by atoms with E-state index in [1.807, 2.05) is 19.1 Å².